The highest BCUT2D eigenvalue weighted by Crippen LogP contribution is 2.36. The van der Waals surface area contributed by atoms with Crippen molar-refractivity contribution in [3.63, 3.8) is 0 Å². The summed E-state index contributed by atoms with van der Waals surface area (Å²) in [5.74, 6) is 1.59. The normalized spacial score (nSPS) is 10.8. The molecule has 30 heavy (non-hydrogen) atoms. The van der Waals surface area contributed by atoms with Gasteiger partial charge in [-0.1, -0.05) is 32.4 Å². The third kappa shape index (κ3) is 5.23. The third-order valence-corrected chi connectivity index (χ3v) is 4.86. The van der Waals surface area contributed by atoms with Crippen LogP contribution in [-0.2, 0) is 16.0 Å². The molecular weight excluding hydrogens is 380 g/mol. The van der Waals surface area contributed by atoms with Gasteiger partial charge in [-0.2, -0.15) is 0 Å². The van der Waals surface area contributed by atoms with Crippen molar-refractivity contribution in [1.29, 1.82) is 0 Å². The van der Waals surface area contributed by atoms with Gasteiger partial charge in [0.1, 0.15) is 22.8 Å². The Morgan fingerprint density at radius 1 is 1.10 bits per heavy atom. The minimum atomic E-state index is -0.485. The van der Waals surface area contributed by atoms with E-state index in [4.69, 9.17) is 18.6 Å². The Morgan fingerprint density at radius 2 is 1.93 bits per heavy atom. The van der Waals surface area contributed by atoms with E-state index in [1.54, 1.807) is 20.1 Å². The van der Waals surface area contributed by atoms with E-state index in [0.29, 0.717) is 16.9 Å². The number of aryl methyl sites for hydroxylation is 1. The van der Waals surface area contributed by atoms with Crippen molar-refractivity contribution in [2.75, 3.05) is 13.9 Å². The van der Waals surface area contributed by atoms with Crippen LogP contribution >= 0.6 is 0 Å². The van der Waals surface area contributed by atoms with E-state index in [1.165, 1.54) is 24.8 Å². The summed E-state index contributed by atoms with van der Waals surface area (Å²) in [4.78, 5) is 11.4. The molecule has 2 aromatic carbocycles. The monoisotopic (exact) mass is 408 g/mol. The van der Waals surface area contributed by atoms with Gasteiger partial charge in [0, 0.05) is 17.0 Å². The van der Waals surface area contributed by atoms with Gasteiger partial charge < -0.3 is 18.6 Å². The summed E-state index contributed by atoms with van der Waals surface area (Å²) >= 11 is 0. The Kier molecular flexibility index (Phi) is 7.17. The molecule has 0 N–H and O–H groups in total. The number of unbranched alkanes of at least 4 members (excludes halogenated alkanes) is 2. The second-order valence-corrected chi connectivity index (χ2v) is 7.28. The van der Waals surface area contributed by atoms with Crippen LogP contribution in [0.25, 0.3) is 22.3 Å². The molecule has 1 heterocycles. The van der Waals surface area contributed by atoms with E-state index in [2.05, 4.69) is 25.6 Å². The lowest BCUT2D eigenvalue weighted by molar-refractivity contribution is -0.145. The zero-order valence-corrected chi connectivity index (χ0v) is 17.8. The number of benzene rings is 2. The van der Waals surface area contributed by atoms with Crippen LogP contribution in [0.2, 0.25) is 0 Å². The zero-order chi connectivity index (χ0) is 21.5. The second-order valence-electron chi connectivity index (χ2n) is 7.28. The number of methoxy groups -OCH3 is 1. The molecule has 5 nitrogen and oxygen atoms in total. The fourth-order valence-electron chi connectivity index (χ4n) is 3.18. The molecule has 0 aliphatic heterocycles. The van der Waals surface area contributed by atoms with Gasteiger partial charge in [0.05, 0.1) is 12.7 Å². The van der Waals surface area contributed by atoms with Gasteiger partial charge in [0.25, 0.3) is 0 Å². The lowest BCUT2D eigenvalue weighted by atomic mass is 10.0. The SMILES string of the molecule is C=C(C)C(=O)OCOc1ccc2cc(-c3ccc(CCCCC)cc3OC)oc2c1. The Balaban J connectivity index is 1.76. The largest absolute Gasteiger partial charge is 0.496 e. The molecule has 5 heteroatoms. The van der Waals surface area contributed by atoms with Crippen LogP contribution < -0.4 is 9.47 Å². The molecule has 0 spiro atoms. The summed E-state index contributed by atoms with van der Waals surface area (Å²) in [5, 5.41) is 0.949. The second kappa shape index (κ2) is 10.0. The minimum absolute atomic E-state index is 0.182. The minimum Gasteiger partial charge on any atom is -0.496 e. The van der Waals surface area contributed by atoms with Crippen LogP contribution in [0.15, 0.2) is 59.0 Å². The van der Waals surface area contributed by atoms with E-state index >= 15 is 0 Å². The molecule has 0 saturated heterocycles. The zero-order valence-electron chi connectivity index (χ0n) is 17.8. The predicted octanol–water partition coefficient (Wildman–Crippen LogP) is 6.30. The van der Waals surface area contributed by atoms with Gasteiger partial charge in [-0.3, -0.25) is 0 Å². The van der Waals surface area contributed by atoms with Crippen molar-refractivity contribution in [2.24, 2.45) is 0 Å². The maximum Gasteiger partial charge on any atom is 0.335 e. The highest BCUT2D eigenvalue weighted by molar-refractivity contribution is 5.87. The number of carbonyl (C=O) groups excluding carboxylic acids is 1. The average Bonchev–Trinajstić information content (AvgIpc) is 3.16. The lowest BCUT2D eigenvalue weighted by Crippen LogP contribution is -2.10. The van der Waals surface area contributed by atoms with Gasteiger partial charge >= 0.3 is 5.97 Å². The van der Waals surface area contributed by atoms with Crippen LogP contribution in [0.4, 0.5) is 0 Å². The smallest absolute Gasteiger partial charge is 0.335 e. The molecule has 0 unspecified atom stereocenters. The number of esters is 1. The summed E-state index contributed by atoms with van der Waals surface area (Å²) in [7, 11) is 1.68. The summed E-state index contributed by atoms with van der Waals surface area (Å²) < 4.78 is 22.1. The van der Waals surface area contributed by atoms with Gasteiger partial charge in [-0.25, -0.2) is 4.79 Å². The molecule has 3 rings (SSSR count). The van der Waals surface area contributed by atoms with Gasteiger partial charge in [0.15, 0.2) is 0 Å². The topological polar surface area (TPSA) is 57.9 Å². The highest BCUT2D eigenvalue weighted by Gasteiger charge is 2.13. The third-order valence-electron chi connectivity index (χ3n) is 4.86. The molecule has 0 fully saturated rings. The number of furan rings is 1. The van der Waals surface area contributed by atoms with Crippen LogP contribution in [0.3, 0.4) is 0 Å². The standard InChI is InChI=1S/C25H28O5/c1-5-6-7-8-18-9-12-21(23(13-18)27-4)24-14-19-10-11-20(15-22(19)30-24)28-16-29-25(26)17(2)3/h9-15H,2,5-8,16H2,1,3-4H3. The van der Waals surface area contributed by atoms with Crippen LogP contribution in [0.5, 0.6) is 11.5 Å². The molecule has 0 amide bonds. The average molecular weight is 408 g/mol. The quantitative estimate of drug-likeness (QED) is 0.171. The van der Waals surface area contributed by atoms with Gasteiger partial charge in [-0.15, -0.1) is 0 Å². The predicted molar refractivity (Wildman–Crippen MR) is 118 cm³/mol. The maximum atomic E-state index is 11.4. The number of hydrogen-bond acceptors (Lipinski definition) is 5. The van der Waals surface area contributed by atoms with E-state index in [0.717, 1.165) is 28.9 Å². The summed E-state index contributed by atoms with van der Waals surface area (Å²) in [5.41, 5.74) is 3.18. The van der Waals surface area contributed by atoms with Crippen molar-refractivity contribution in [3.8, 4) is 22.8 Å². The lowest BCUT2D eigenvalue weighted by Gasteiger charge is -2.09. The summed E-state index contributed by atoms with van der Waals surface area (Å²) in [6, 6.07) is 13.7. The van der Waals surface area contributed by atoms with E-state index in [-0.39, 0.29) is 6.79 Å². The van der Waals surface area contributed by atoms with Crippen molar-refractivity contribution in [3.05, 3.63) is 60.2 Å². The number of fused-ring (bicyclic) bond motifs is 1. The molecule has 3 aromatic rings. The van der Waals surface area contributed by atoms with Crippen molar-refractivity contribution in [1.82, 2.24) is 0 Å². The van der Waals surface area contributed by atoms with Gasteiger partial charge in [-0.05, 0) is 55.7 Å². The number of rotatable bonds is 10. The molecular formula is C25H28O5. The van der Waals surface area contributed by atoms with Gasteiger partial charge in [0.2, 0.25) is 6.79 Å². The molecule has 0 saturated carbocycles. The Labute approximate surface area is 177 Å². The summed E-state index contributed by atoms with van der Waals surface area (Å²) in [6.07, 6.45) is 4.65. The fraction of sp³-hybridized carbons (Fsp3) is 0.320. The first-order valence-corrected chi connectivity index (χ1v) is 10.2. The summed E-state index contributed by atoms with van der Waals surface area (Å²) in [6.45, 7) is 7.15. The Morgan fingerprint density at radius 3 is 2.67 bits per heavy atom. The number of ether oxygens (including phenoxy) is 3. The molecule has 0 atom stereocenters. The Bertz CT molecular complexity index is 1030. The number of carbonyl (C=O) groups is 1. The van der Waals surface area contributed by atoms with Crippen molar-refractivity contribution >= 4 is 16.9 Å². The van der Waals surface area contributed by atoms with E-state index < -0.39 is 5.97 Å². The number of hydrogen-bond donors (Lipinski definition) is 0. The van der Waals surface area contributed by atoms with Crippen LogP contribution in [0, 0.1) is 0 Å². The first-order chi connectivity index (χ1) is 14.5. The van der Waals surface area contributed by atoms with Crippen molar-refractivity contribution < 1.29 is 23.4 Å². The van der Waals surface area contributed by atoms with Crippen molar-refractivity contribution in [2.45, 2.75) is 39.5 Å². The molecule has 0 bridgehead atoms. The van der Waals surface area contributed by atoms with Crippen LogP contribution in [-0.4, -0.2) is 19.9 Å². The fourth-order valence-corrected chi connectivity index (χ4v) is 3.18. The molecule has 0 aliphatic carbocycles. The highest BCUT2D eigenvalue weighted by atomic mass is 16.7. The first-order valence-electron chi connectivity index (χ1n) is 10.2. The maximum absolute atomic E-state index is 11.4. The van der Waals surface area contributed by atoms with E-state index in [1.807, 2.05) is 24.3 Å². The van der Waals surface area contributed by atoms with E-state index in [9.17, 15) is 4.79 Å². The Hall–Kier alpha value is -3.21. The van der Waals surface area contributed by atoms with Crippen LogP contribution in [0.1, 0.15) is 38.7 Å². The first kappa shape index (κ1) is 21.5. The molecule has 0 aliphatic rings. The molecule has 0 radical (unpaired) electrons. The molecule has 1 aromatic heterocycles. The molecule has 158 valence electrons.